The zero-order chi connectivity index (χ0) is 22.0. The number of ether oxygens (including phenoxy) is 1. The van der Waals surface area contributed by atoms with Gasteiger partial charge in [-0.3, -0.25) is 9.79 Å². The average Bonchev–Trinajstić information content (AvgIpc) is 2.64. The first-order chi connectivity index (χ1) is 13.6. The summed E-state index contributed by atoms with van der Waals surface area (Å²) in [4.78, 5) is 32.4. The highest BCUT2D eigenvalue weighted by molar-refractivity contribution is 5.80. The van der Waals surface area contributed by atoms with Crippen LogP contribution >= 0.6 is 0 Å². The maximum absolute atomic E-state index is 12.1. The van der Waals surface area contributed by atoms with Gasteiger partial charge in [0.25, 0.3) is 0 Å². The summed E-state index contributed by atoms with van der Waals surface area (Å²) in [6, 6.07) is 0. The molecule has 0 bridgehead atoms. The minimum Gasteiger partial charge on any atom is -0.444 e. The Hall–Kier alpha value is -1.99. The lowest BCUT2D eigenvalue weighted by molar-refractivity contribution is -0.121. The molecule has 2 N–H and O–H groups in total. The number of guanidine groups is 1. The predicted molar refractivity (Wildman–Crippen MR) is 117 cm³/mol. The van der Waals surface area contributed by atoms with Crippen LogP contribution < -0.4 is 10.6 Å². The van der Waals surface area contributed by atoms with Crippen LogP contribution in [-0.2, 0) is 9.53 Å². The van der Waals surface area contributed by atoms with Crippen molar-refractivity contribution in [3.63, 3.8) is 0 Å². The van der Waals surface area contributed by atoms with Gasteiger partial charge in [-0.15, -0.1) is 0 Å². The Labute approximate surface area is 176 Å². The number of nitrogens with one attached hydrogen (secondary N) is 2. The van der Waals surface area contributed by atoms with E-state index in [1.54, 1.807) is 19.0 Å². The predicted octanol–water partition coefficient (Wildman–Crippen LogP) is 2.30. The summed E-state index contributed by atoms with van der Waals surface area (Å²) in [5, 5.41) is 6.08. The van der Waals surface area contributed by atoms with E-state index in [1.807, 2.05) is 20.8 Å². The van der Waals surface area contributed by atoms with Crippen molar-refractivity contribution >= 4 is 18.0 Å². The van der Waals surface area contributed by atoms with E-state index < -0.39 is 5.60 Å². The first-order valence-corrected chi connectivity index (χ1v) is 10.7. The minimum atomic E-state index is -0.491. The summed E-state index contributed by atoms with van der Waals surface area (Å²) in [7, 11) is 3.45. The molecule has 0 spiro atoms. The van der Waals surface area contributed by atoms with Gasteiger partial charge >= 0.3 is 6.09 Å². The molecule has 1 heterocycles. The molecule has 1 unspecified atom stereocenters. The molecule has 0 aliphatic carbocycles. The second kappa shape index (κ2) is 11.9. The molecule has 2 amide bonds. The number of carbonyl (C=O) groups is 2. The fourth-order valence-electron chi connectivity index (χ4n) is 3.32. The molecule has 29 heavy (non-hydrogen) atoms. The van der Waals surface area contributed by atoms with Gasteiger partial charge in [0.05, 0.1) is 0 Å². The fraction of sp³-hybridized carbons (Fsp3) is 0.857. The monoisotopic (exact) mass is 411 g/mol. The first kappa shape index (κ1) is 25.0. The Morgan fingerprint density at radius 2 is 1.90 bits per heavy atom. The van der Waals surface area contributed by atoms with E-state index in [1.165, 1.54) is 0 Å². The Morgan fingerprint density at radius 1 is 1.28 bits per heavy atom. The van der Waals surface area contributed by atoms with Crippen LogP contribution in [0.5, 0.6) is 0 Å². The van der Waals surface area contributed by atoms with E-state index in [2.05, 4.69) is 29.4 Å². The van der Waals surface area contributed by atoms with Gasteiger partial charge in [0, 0.05) is 53.2 Å². The number of hydrogen-bond donors (Lipinski definition) is 2. The van der Waals surface area contributed by atoms with E-state index in [0.29, 0.717) is 25.4 Å². The van der Waals surface area contributed by atoms with Crippen LogP contribution in [0.1, 0.15) is 53.9 Å². The van der Waals surface area contributed by atoms with Gasteiger partial charge in [-0.1, -0.05) is 6.92 Å². The molecule has 0 aromatic carbocycles. The SMILES string of the molecule is CCNC(=NCC(C)CN(C)C(=O)OC(C)(C)C)N1CCC(CC(=O)NC)CC1. The third-order valence-corrected chi connectivity index (χ3v) is 4.85. The molecule has 8 nitrogen and oxygen atoms in total. The summed E-state index contributed by atoms with van der Waals surface area (Å²) < 4.78 is 5.41. The Morgan fingerprint density at radius 3 is 2.41 bits per heavy atom. The third-order valence-electron chi connectivity index (χ3n) is 4.85. The van der Waals surface area contributed by atoms with E-state index in [4.69, 9.17) is 9.73 Å². The van der Waals surface area contributed by atoms with Crippen LogP contribution in [0.25, 0.3) is 0 Å². The molecule has 0 radical (unpaired) electrons. The smallest absolute Gasteiger partial charge is 0.410 e. The van der Waals surface area contributed by atoms with Gasteiger partial charge in [0.2, 0.25) is 5.91 Å². The Bertz CT molecular complexity index is 551. The van der Waals surface area contributed by atoms with Gasteiger partial charge in [-0.25, -0.2) is 4.79 Å². The summed E-state index contributed by atoms with van der Waals surface area (Å²) >= 11 is 0. The molecule has 0 aromatic rings. The number of hydrogen-bond acceptors (Lipinski definition) is 4. The number of nitrogens with zero attached hydrogens (tertiary/aromatic N) is 3. The van der Waals surface area contributed by atoms with Crippen molar-refractivity contribution in [3.05, 3.63) is 0 Å². The van der Waals surface area contributed by atoms with Gasteiger partial charge < -0.3 is 25.2 Å². The largest absolute Gasteiger partial charge is 0.444 e. The van der Waals surface area contributed by atoms with Crippen molar-refractivity contribution in [2.45, 2.75) is 59.5 Å². The number of amides is 2. The summed E-state index contributed by atoms with van der Waals surface area (Å²) in [5.41, 5.74) is -0.491. The summed E-state index contributed by atoms with van der Waals surface area (Å²) in [6.07, 6.45) is 2.29. The van der Waals surface area contributed by atoms with Crippen LogP contribution in [-0.4, -0.2) is 80.2 Å². The number of likely N-dealkylation sites (tertiary alicyclic amines) is 1. The number of aliphatic imine (C=N–C) groups is 1. The molecule has 1 saturated heterocycles. The summed E-state index contributed by atoms with van der Waals surface area (Å²) in [5.74, 6) is 1.69. The van der Waals surface area contributed by atoms with E-state index in [9.17, 15) is 9.59 Å². The van der Waals surface area contributed by atoms with Crippen LogP contribution in [0.2, 0.25) is 0 Å². The summed E-state index contributed by atoms with van der Waals surface area (Å²) in [6.45, 7) is 13.6. The van der Waals surface area contributed by atoms with Crippen molar-refractivity contribution in [1.82, 2.24) is 20.4 Å². The molecular formula is C21H41N5O3. The maximum Gasteiger partial charge on any atom is 0.410 e. The van der Waals surface area contributed by atoms with Crippen molar-refractivity contribution < 1.29 is 14.3 Å². The lowest BCUT2D eigenvalue weighted by atomic mass is 9.93. The van der Waals surface area contributed by atoms with Crippen LogP contribution in [0.3, 0.4) is 0 Å². The minimum absolute atomic E-state index is 0.118. The second-order valence-electron chi connectivity index (χ2n) is 8.97. The highest BCUT2D eigenvalue weighted by atomic mass is 16.6. The van der Waals surface area contributed by atoms with Crippen molar-refractivity contribution in [3.8, 4) is 0 Å². The number of carbonyl (C=O) groups excluding carboxylic acids is 2. The molecule has 1 aliphatic heterocycles. The molecule has 168 valence electrons. The van der Waals surface area contributed by atoms with Crippen molar-refractivity contribution in [2.24, 2.45) is 16.8 Å². The van der Waals surface area contributed by atoms with E-state index in [0.717, 1.165) is 38.4 Å². The van der Waals surface area contributed by atoms with Gasteiger partial charge in [0.1, 0.15) is 5.60 Å². The van der Waals surface area contributed by atoms with Crippen LogP contribution in [0.15, 0.2) is 4.99 Å². The third kappa shape index (κ3) is 9.85. The van der Waals surface area contributed by atoms with Crippen molar-refractivity contribution in [2.75, 3.05) is 46.8 Å². The van der Waals surface area contributed by atoms with Crippen LogP contribution in [0.4, 0.5) is 4.79 Å². The topological polar surface area (TPSA) is 86.3 Å². The zero-order valence-electron chi connectivity index (χ0n) is 19.4. The normalized spacial score (nSPS) is 16.9. The Kier molecular flexibility index (Phi) is 10.3. The maximum atomic E-state index is 12.1. The number of rotatable bonds is 7. The van der Waals surface area contributed by atoms with Crippen LogP contribution in [0, 0.1) is 11.8 Å². The molecule has 1 rings (SSSR count). The fourth-order valence-corrected chi connectivity index (χ4v) is 3.32. The standard InChI is InChI=1S/C21H41N5O3/c1-8-23-19(26-11-9-17(10-12-26)13-18(27)22-6)24-14-16(2)15-25(7)20(28)29-21(3,4)5/h16-17H,8-15H2,1-7H3,(H,22,27)(H,23,24). The highest BCUT2D eigenvalue weighted by Gasteiger charge is 2.24. The molecule has 0 saturated carbocycles. The number of piperidine rings is 1. The second-order valence-corrected chi connectivity index (χ2v) is 8.97. The highest BCUT2D eigenvalue weighted by Crippen LogP contribution is 2.20. The quantitative estimate of drug-likeness (QED) is 0.496. The van der Waals surface area contributed by atoms with Gasteiger partial charge in [-0.05, 0) is 52.4 Å². The lowest BCUT2D eigenvalue weighted by Crippen LogP contribution is -2.46. The molecule has 1 fully saturated rings. The molecule has 1 atom stereocenters. The Balaban J connectivity index is 2.55. The molecule has 0 aromatic heterocycles. The van der Waals surface area contributed by atoms with Gasteiger partial charge in [0.15, 0.2) is 5.96 Å². The molecule has 1 aliphatic rings. The van der Waals surface area contributed by atoms with E-state index >= 15 is 0 Å². The lowest BCUT2D eigenvalue weighted by Gasteiger charge is -2.34. The zero-order valence-corrected chi connectivity index (χ0v) is 19.4. The first-order valence-electron chi connectivity index (χ1n) is 10.7. The molecule has 8 heteroatoms. The van der Waals surface area contributed by atoms with Crippen molar-refractivity contribution in [1.29, 1.82) is 0 Å². The van der Waals surface area contributed by atoms with Gasteiger partial charge in [-0.2, -0.15) is 0 Å². The average molecular weight is 412 g/mol. The molecular weight excluding hydrogens is 370 g/mol. The van der Waals surface area contributed by atoms with E-state index in [-0.39, 0.29) is 17.9 Å².